The van der Waals surface area contributed by atoms with Gasteiger partial charge in [-0.05, 0) is 48.4 Å². The molecule has 0 atom stereocenters. The van der Waals surface area contributed by atoms with Gasteiger partial charge in [0.05, 0.1) is 26.3 Å². The summed E-state index contributed by atoms with van der Waals surface area (Å²) in [6, 6.07) is 15.3. The van der Waals surface area contributed by atoms with E-state index in [0.29, 0.717) is 28.5 Å². The fourth-order valence-electron chi connectivity index (χ4n) is 4.46. The lowest BCUT2D eigenvalue weighted by Gasteiger charge is -2.11. The number of nitro benzene ring substituents is 1. The molecule has 2 aliphatic heterocycles. The molecule has 0 unspecified atom stereocenters. The first-order valence-corrected chi connectivity index (χ1v) is 13.6. The van der Waals surface area contributed by atoms with Crippen LogP contribution in [-0.4, -0.2) is 83.8 Å². The molecule has 0 radical (unpaired) electrons. The molecule has 14 nitrogen and oxygen atoms in total. The first-order chi connectivity index (χ1) is 21.9. The van der Waals surface area contributed by atoms with Crippen molar-refractivity contribution in [3.05, 3.63) is 92.8 Å². The highest BCUT2D eigenvalue weighted by molar-refractivity contribution is 6.19. The lowest BCUT2D eigenvalue weighted by atomic mass is 10.1. The standard InChI is InChI=1S/C19H18N2O4.C13H13N3O5/c1-21-18(13-7-5-4-6-8-13)20-14(19(21)23)9-12-10-15(24-2)17(22)16(11-12)25-3;1-7-14-9(13(18)15(7)2)4-8-5-10(16(19)20)12(17)11(6-8)21-3/h4-11,22H,1-3H3;4-6,17H,1-3H3/b14-9-;9-4-. The van der Waals surface area contributed by atoms with Crippen molar-refractivity contribution in [3.8, 4) is 28.7 Å². The summed E-state index contributed by atoms with van der Waals surface area (Å²) in [5.41, 5.74) is 1.81. The first-order valence-electron chi connectivity index (χ1n) is 13.6. The Bertz CT molecular complexity index is 1810. The van der Waals surface area contributed by atoms with Crippen molar-refractivity contribution in [2.24, 2.45) is 9.98 Å². The third-order valence-electron chi connectivity index (χ3n) is 6.99. The van der Waals surface area contributed by atoms with E-state index in [-0.39, 0.29) is 40.5 Å². The second-order valence-corrected chi connectivity index (χ2v) is 9.87. The molecule has 2 heterocycles. The van der Waals surface area contributed by atoms with E-state index in [4.69, 9.17) is 14.2 Å². The van der Waals surface area contributed by atoms with Crippen molar-refractivity contribution < 1.29 is 38.9 Å². The van der Waals surface area contributed by atoms with Gasteiger partial charge in [-0.15, -0.1) is 0 Å². The number of benzene rings is 3. The van der Waals surface area contributed by atoms with Crippen LogP contribution in [0.15, 0.2) is 76.0 Å². The van der Waals surface area contributed by atoms with Crippen LogP contribution < -0.4 is 14.2 Å². The number of phenols is 2. The second-order valence-electron chi connectivity index (χ2n) is 9.87. The third-order valence-corrected chi connectivity index (χ3v) is 6.99. The van der Waals surface area contributed by atoms with Crippen LogP contribution in [0.2, 0.25) is 0 Å². The van der Waals surface area contributed by atoms with Gasteiger partial charge in [0, 0.05) is 25.7 Å². The van der Waals surface area contributed by atoms with Gasteiger partial charge < -0.3 is 24.4 Å². The minimum Gasteiger partial charge on any atom is -0.502 e. The monoisotopic (exact) mass is 629 g/mol. The molecule has 5 rings (SSSR count). The summed E-state index contributed by atoms with van der Waals surface area (Å²) in [6.45, 7) is 1.68. The Morgan fingerprint density at radius 2 is 1.24 bits per heavy atom. The maximum Gasteiger partial charge on any atom is 0.315 e. The van der Waals surface area contributed by atoms with Crippen molar-refractivity contribution in [3.63, 3.8) is 0 Å². The molecule has 3 aromatic rings. The highest BCUT2D eigenvalue weighted by atomic mass is 16.6. The molecule has 0 fully saturated rings. The second kappa shape index (κ2) is 13.6. The lowest BCUT2D eigenvalue weighted by Crippen LogP contribution is -2.28. The number of carbonyl (C=O) groups excluding carboxylic acids is 2. The van der Waals surface area contributed by atoms with Crippen LogP contribution in [0.3, 0.4) is 0 Å². The minimum absolute atomic E-state index is 0.0458. The Labute approximate surface area is 263 Å². The number of carbonyl (C=O) groups is 2. The van der Waals surface area contributed by atoms with Crippen LogP contribution in [0, 0.1) is 10.1 Å². The molecule has 2 amide bonds. The van der Waals surface area contributed by atoms with Crippen LogP contribution in [-0.2, 0) is 9.59 Å². The molecule has 14 heteroatoms. The van der Waals surface area contributed by atoms with Gasteiger partial charge in [-0.1, -0.05) is 30.3 Å². The fourth-order valence-corrected chi connectivity index (χ4v) is 4.46. The topological polar surface area (TPSA) is 177 Å². The van der Waals surface area contributed by atoms with Gasteiger partial charge >= 0.3 is 5.69 Å². The lowest BCUT2D eigenvalue weighted by molar-refractivity contribution is -0.386. The van der Waals surface area contributed by atoms with Gasteiger partial charge in [0.15, 0.2) is 17.2 Å². The number of methoxy groups -OCH3 is 3. The summed E-state index contributed by atoms with van der Waals surface area (Å²) in [5, 5.41) is 30.6. The van der Waals surface area contributed by atoms with E-state index < -0.39 is 16.4 Å². The summed E-state index contributed by atoms with van der Waals surface area (Å²) < 4.78 is 15.2. The SMILES string of the molecule is COc1cc(/C=C2\N=C(C)N(C)C2=O)cc([N+](=O)[O-])c1O.COc1cc(/C=C2\N=C(c3ccccc3)N(C)C2=O)cc(OC)c1O. The highest BCUT2D eigenvalue weighted by Gasteiger charge is 2.28. The molecule has 0 bridgehead atoms. The van der Waals surface area contributed by atoms with Gasteiger partial charge in [0.25, 0.3) is 11.8 Å². The average Bonchev–Trinajstić information content (AvgIpc) is 3.46. The molecule has 238 valence electrons. The van der Waals surface area contributed by atoms with Crippen molar-refractivity contribution in [2.45, 2.75) is 6.92 Å². The van der Waals surface area contributed by atoms with Crippen LogP contribution in [0.1, 0.15) is 23.6 Å². The van der Waals surface area contributed by atoms with Crippen LogP contribution in [0.25, 0.3) is 12.2 Å². The zero-order valence-corrected chi connectivity index (χ0v) is 25.8. The summed E-state index contributed by atoms with van der Waals surface area (Å²) in [7, 11) is 7.46. The van der Waals surface area contributed by atoms with Crippen LogP contribution in [0.4, 0.5) is 5.69 Å². The van der Waals surface area contributed by atoms with Gasteiger partial charge in [0.2, 0.25) is 11.5 Å². The summed E-state index contributed by atoms with van der Waals surface area (Å²) in [4.78, 5) is 46.0. The number of amidine groups is 2. The third kappa shape index (κ3) is 6.65. The zero-order chi connectivity index (χ0) is 33.7. The largest absolute Gasteiger partial charge is 0.502 e. The number of hydrogen-bond donors (Lipinski definition) is 2. The highest BCUT2D eigenvalue weighted by Crippen LogP contribution is 2.39. The Morgan fingerprint density at radius 3 is 1.72 bits per heavy atom. The maximum atomic E-state index is 12.5. The van der Waals surface area contributed by atoms with Crippen LogP contribution in [0.5, 0.6) is 28.7 Å². The van der Waals surface area contributed by atoms with Gasteiger partial charge in [-0.25, -0.2) is 9.98 Å². The predicted octanol–water partition coefficient (Wildman–Crippen LogP) is 4.21. The van der Waals surface area contributed by atoms with E-state index in [1.807, 2.05) is 30.3 Å². The molecule has 2 N–H and O–H groups in total. The fraction of sp³-hybridized carbons (Fsp3) is 0.188. The minimum atomic E-state index is -0.725. The number of hydrogen-bond acceptors (Lipinski definition) is 11. The number of nitro groups is 1. The van der Waals surface area contributed by atoms with E-state index in [2.05, 4.69) is 9.98 Å². The molecule has 3 aromatic carbocycles. The molecule has 0 aliphatic carbocycles. The van der Waals surface area contributed by atoms with Crippen molar-refractivity contribution in [1.29, 1.82) is 0 Å². The quantitative estimate of drug-likeness (QED) is 0.220. The van der Waals surface area contributed by atoms with E-state index >= 15 is 0 Å². The summed E-state index contributed by atoms with van der Waals surface area (Å²) >= 11 is 0. The Kier molecular flexibility index (Phi) is 9.70. The molecular formula is C32H31N5O9. The molecule has 0 aromatic heterocycles. The van der Waals surface area contributed by atoms with E-state index in [1.165, 1.54) is 43.3 Å². The number of rotatable bonds is 7. The number of phenolic OH excluding ortho intramolecular Hbond substituents is 2. The zero-order valence-electron chi connectivity index (χ0n) is 25.8. The maximum absolute atomic E-state index is 12.5. The number of amides is 2. The predicted molar refractivity (Wildman–Crippen MR) is 170 cm³/mol. The van der Waals surface area contributed by atoms with Gasteiger partial charge in [0.1, 0.15) is 23.1 Å². The van der Waals surface area contributed by atoms with E-state index in [1.54, 1.807) is 39.2 Å². The number of ether oxygens (including phenoxy) is 3. The smallest absolute Gasteiger partial charge is 0.315 e. The number of nitrogens with zero attached hydrogens (tertiary/aromatic N) is 5. The first kappa shape index (κ1) is 32.7. The molecule has 46 heavy (non-hydrogen) atoms. The Balaban J connectivity index is 0.000000212. The van der Waals surface area contributed by atoms with Gasteiger partial charge in [-0.3, -0.25) is 29.5 Å². The van der Waals surface area contributed by atoms with Crippen LogP contribution >= 0.6 is 0 Å². The molecular weight excluding hydrogens is 598 g/mol. The molecule has 0 saturated heterocycles. The average molecular weight is 630 g/mol. The van der Waals surface area contributed by atoms with E-state index in [0.717, 1.165) is 11.6 Å². The Hall–Kier alpha value is -6.18. The normalized spacial score (nSPS) is 15.9. The number of likely N-dealkylation sites (N-methyl/N-ethyl adjacent to an activating group) is 2. The van der Waals surface area contributed by atoms with Crippen molar-refractivity contribution in [1.82, 2.24) is 9.80 Å². The number of aliphatic imine (C=N–C) groups is 2. The number of aromatic hydroxyl groups is 2. The van der Waals surface area contributed by atoms with Crippen molar-refractivity contribution >= 4 is 41.3 Å². The molecule has 0 saturated carbocycles. The van der Waals surface area contributed by atoms with Gasteiger partial charge in [-0.2, -0.15) is 0 Å². The molecule has 2 aliphatic rings. The molecule has 0 spiro atoms. The Morgan fingerprint density at radius 1 is 0.761 bits per heavy atom. The van der Waals surface area contributed by atoms with E-state index in [9.17, 15) is 29.9 Å². The van der Waals surface area contributed by atoms with Crippen molar-refractivity contribution in [2.75, 3.05) is 35.4 Å². The summed E-state index contributed by atoms with van der Waals surface area (Å²) in [5.74, 6) is 0.452. The summed E-state index contributed by atoms with van der Waals surface area (Å²) in [6.07, 6.45) is 3.05.